The van der Waals surface area contributed by atoms with Crippen molar-refractivity contribution in [1.29, 1.82) is 0 Å². The van der Waals surface area contributed by atoms with E-state index in [9.17, 15) is 4.79 Å². The van der Waals surface area contributed by atoms with Gasteiger partial charge in [0.1, 0.15) is 11.3 Å². The molecule has 2 heterocycles. The van der Waals surface area contributed by atoms with E-state index in [4.69, 9.17) is 13.6 Å². The molecule has 2 aromatic heterocycles. The number of oxazole rings is 1. The molecule has 0 fully saturated rings. The third-order valence-corrected chi connectivity index (χ3v) is 3.76. The predicted octanol–water partition coefficient (Wildman–Crippen LogP) is 3.66. The van der Waals surface area contributed by atoms with Crippen molar-refractivity contribution in [3.05, 3.63) is 48.2 Å². The summed E-state index contributed by atoms with van der Waals surface area (Å²) in [5.74, 6) is 1.39. The Morgan fingerprint density at radius 2 is 2.24 bits per heavy atom. The van der Waals surface area contributed by atoms with Gasteiger partial charge >= 0.3 is 6.03 Å². The molecular weight excluding hydrogens is 322 g/mol. The van der Waals surface area contributed by atoms with E-state index in [-0.39, 0.29) is 6.03 Å². The van der Waals surface area contributed by atoms with Crippen LogP contribution in [0.1, 0.15) is 18.6 Å². The number of furan rings is 1. The Labute approximate surface area is 145 Å². The second kappa shape index (κ2) is 7.85. The van der Waals surface area contributed by atoms with Gasteiger partial charge in [-0.1, -0.05) is 6.92 Å². The van der Waals surface area contributed by atoms with Crippen molar-refractivity contribution in [3.63, 3.8) is 0 Å². The number of rotatable bonds is 7. The van der Waals surface area contributed by atoms with Crippen LogP contribution >= 0.6 is 0 Å². The largest absolute Gasteiger partial charge is 0.467 e. The van der Waals surface area contributed by atoms with Crippen LogP contribution in [-0.2, 0) is 17.7 Å². The van der Waals surface area contributed by atoms with Crippen LogP contribution in [0.25, 0.3) is 11.1 Å². The number of methoxy groups -OCH3 is 1. The molecule has 3 rings (SSSR count). The number of nitrogens with zero attached hydrogens (tertiary/aromatic N) is 2. The van der Waals surface area contributed by atoms with E-state index in [0.29, 0.717) is 42.6 Å². The molecule has 3 aromatic rings. The quantitative estimate of drug-likeness (QED) is 0.708. The number of carbonyl (C=O) groups is 1. The fourth-order valence-electron chi connectivity index (χ4n) is 2.45. The lowest BCUT2D eigenvalue weighted by Gasteiger charge is -2.21. The molecule has 0 bridgehead atoms. The molecule has 0 aliphatic heterocycles. The van der Waals surface area contributed by atoms with Crippen LogP contribution in [0.5, 0.6) is 0 Å². The van der Waals surface area contributed by atoms with Crippen LogP contribution in [0.3, 0.4) is 0 Å². The van der Waals surface area contributed by atoms with Gasteiger partial charge in [0.15, 0.2) is 11.5 Å². The minimum Gasteiger partial charge on any atom is -0.467 e. The van der Waals surface area contributed by atoms with Crippen LogP contribution in [-0.4, -0.2) is 36.2 Å². The average Bonchev–Trinajstić information content (AvgIpc) is 3.27. The standard InChI is InChI=1S/C18H21N3O4/c1-3-17-20-15-11-13(6-7-16(15)25-17)19-18(22)21(8-10-23-2)12-14-5-4-9-24-14/h4-7,9,11H,3,8,10,12H2,1-2H3,(H,19,22). The highest BCUT2D eigenvalue weighted by atomic mass is 16.5. The van der Waals surface area contributed by atoms with E-state index in [1.165, 1.54) is 0 Å². The summed E-state index contributed by atoms with van der Waals surface area (Å²) in [7, 11) is 1.60. The molecule has 0 spiro atoms. The summed E-state index contributed by atoms with van der Waals surface area (Å²) in [6.45, 7) is 3.25. The third-order valence-electron chi connectivity index (χ3n) is 3.76. The summed E-state index contributed by atoms with van der Waals surface area (Å²) >= 11 is 0. The number of aromatic nitrogens is 1. The number of amides is 2. The van der Waals surface area contributed by atoms with Gasteiger partial charge in [-0.05, 0) is 30.3 Å². The van der Waals surface area contributed by atoms with Gasteiger partial charge in [-0.15, -0.1) is 0 Å². The van der Waals surface area contributed by atoms with Crippen LogP contribution in [0, 0.1) is 0 Å². The summed E-state index contributed by atoms with van der Waals surface area (Å²) in [6, 6.07) is 8.81. The number of hydrogen-bond acceptors (Lipinski definition) is 5. The molecular formula is C18H21N3O4. The first-order valence-electron chi connectivity index (χ1n) is 8.16. The Balaban J connectivity index is 1.72. The van der Waals surface area contributed by atoms with E-state index >= 15 is 0 Å². The van der Waals surface area contributed by atoms with Crippen molar-refractivity contribution in [1.82, 2.24) is 9.88 Å². The van der Waals surface area contributed by atoms with E-state index in [2.05, 4.69) is 10.3 Å². The Hall–Kier alpha value is -2.80. The fourth-order valence-corrected chi connectivity index (χ4v) is 2.45. The van der Waals surface area contributed by atoms with E-state index in [0.717, 1.165) is 11.9 Å². The highest BCUT2D eigenvalue weighted by Crippen LogP contribution is 2.21. The second-order valence-electron chi connectivity index (χ2n) is 5.57. The van der Waals surface area contributed by atoms with Crippen LogP contribution in [0.15, 0.2) is 45.4 Å². The maximum absolute atomic E-state index is 12.6. The summed E-state index contributed by atoms with van der Waals surface area (Å²) < 4.78 is 16.0. The van der Waals surface area contributed by atoms with E-state index in [1.54, 1.807) is 36.5 Å². The lowest BCUT2D eigenvalue weighted by atomic mass is 10.3. The van der Waals surface area contributed by atoms with Gasteiger partial charge in [-0.25, -0.2) is 9.78 Å². The first-order chi connectivity index (χ1) is 12.2. The van der Waals surface area contributed by atoms with Crippen LogP contribution < -0.4 is 5.32 Å². The highest BCUT2D eigenvalue weighted by molar-refractivity contribution is 5.91. The SMILES string of the molecule is CCc1nc2cc(NC(=O)N(CCOC)Cc3ccco3)ccc2o1. The van der Waals surface area contributed by atoms with Crippen molar-refractivity contribution in [2.45, 2.75) is 19.9 Å². The average molecular weight is 343 g/mol. The minimum absolute atomic E-state index is 0.230. The Morgan fingerprint density at radius 3 is 2.96 bits per heavy atom. The molecule has 0 aliphatic rings. The lowest BCUT2D eigenvalue weighted by molar-refractivity contribution is 0.149. The molecule has 0 saturated heterocycles. The maximum atomic E-state index is 12.6. The monoisotopic (exact) mass is 343 g/mol. The van der Waals surface area contributed by atoms with Crippen molar-refractivity contribution < 1.29 is 18.4 Å². The number of hydrogen-bond donors (Lipinski definition) is 1. The Kier molecular flexibility index (Phi) is 5.35. The van der Waals surface area contributed by atoms with Gasteiger partial charge in [-0.2, -0.15) is 0 Å². The molecule has 0 atom stereocenters. The number of carbonyl (C=O) groups excluding carboxylic acids is 1. The summed E-state index contributed by atoms with van der Waals surface area (Å²) in [5.41, 5.74) is 2.10. The topological polar surface area (TPSA) is 80.7 Å². The zero-order valence-electron chi connectivity index (χ0n) is 14.3. The first-order valence-corrected chi connectivity index (χ1v) is 8.16. The first kappa shape index (κ1) is 17.0. The van der Waals surface area contributed by atoms with Crippen molar-refractivity contribution in [3.8, 4) is 0 Å². The van der Waals surface area contributed by atoms with Crippen LogP contribution in [0.4, 0.5) is 10.5 Å². The van der Waals surface area contributed by atoms with Crippen LogP contribution in [0.2, 0.25) is 0 Å². The van der Waals surface area contributed by atoms with Gasteiger partial charge in [-0.3, -0.25) is 0 Å². The van der Waals surface area contributed by atoms with Gasteiger partial charge in [0.05, 0.1) is 19.4 Å². The molecule has 7 heteroatoms. The minimum atomic E-state index is -0.230. The molecule has 1 aromatic carbocycles. The van der Waals surface area contributed by atoms with Gasteiger partial charge in [0.25, 0.3) is 0 Å². The molecule has 0 unspecified atom stereocenters. The molecule has 1 N–H and O–H groups in total. The number of ether oxygens (including phenoxy) is 1. The molecule has 0 radical (unpaired) electrons. The number of anilines is 1. The number of nitrogens with one attached hydrogen (secondary N) is 1. The summed E-state index contributed by atoms with van der Waals surface area (Å²) in [5, 5.41) is 2.89. The fraction of sp³-hybridized carbons (Fsp3) is 0.333. The van der Waals surface area contributed by atoms with Crippen molar-refractivity contribution in [2.24, 2.45) is 0 Å². The van der Waals surface area contributed by atoms with Gasteiger partial charge in [0, 0.05) is 25.8 Å². The maximum Gasteiger partial charge on any atom is 0.322 e. The zero-order chi connectivity index (χ0) is 17.6. The smallest absolute Gasteiger partial charge is 0.322 e. The van der Waals surface area contributed by atoms with Gasteiger partial charge in [0.2, 0.25) is 0 Å². The number of benzene rings is 1. The molecule has 0 saturated carbocycles. The lowest BCUT2D eigenvalue weighted by Crippen LogP contribution is -2.36. The van der Waals surface area contributed by atoms with Crippen molar-refractivity contribution >= 4 is 22.8 Å². The molecule has 2 amide bonds. The van der Waals surface area contributed by atoms with Gasteiger partial charge < -0.3 is 23.8 Å². The summed E-state index contributed by atoms with van der Waals surface area (Å²) in [4.78, 5) is 18.6. The Bertz CT molecular complexity index is 826. The number of fused-ring (bicyclic) bond motifs is 1. The van der Waals surface area contributed by atoms with Crippen molar-refractivity contribution in [2.75, 3.05) is 25.6 Å². The van der Waals surface area contributed by atoms with E-state index < -0.39 is 0 Å². The zero-order valence-corrected chi connectivity index (χ0v) is 14.3. The summed E-state index contributed by atoms with van der Waals surface area (Å²) in [6.07, 6.45) is 2.32. The predicted molar refractivity (Wildman–Crippen MR) is 93.4 cm³/mol. The third kappa shape index (κ3) is 4.19. The number of urea groups is 1. The molecule has 132 valence electrons. The Morgan fingerprint density at radius 1 is 1.36 bits per heavy atom. The molecule has 25 heavy (non-hydrogen) atoms. The number of aryl methyl sites for hydroxylation is 1. The molecule has 0 aliphatic carbocycles. The highest BCUT2D eigenvalue weighted by Gasteiger charge is 2.16. The molecule has 7 nitrogen and oxygen atoms in total. The normalized spacial score (nSPS) is 11.0. The second-order valence-corrected chi connectivity index (χ2v) is 5.57. The van der Waals surface area contributed by atoms with E-state index in [1.807, 2.05) is 19.1 Å².